The van der Waals surface area contributed by atoms with Crippen LogP contribution in [0.4, 0.5) is 0 Å². The zero-order chi connectivity index (χ0) is 19.6. The minimum atomic E-state index is 0.833. The monoisotopic (exact) mass is 433 g/mol. The van der Waals surface area contributed by atoms with Gasteiger partial charge < -0.3 is 0 Å². The Morgan fingerprint density at radius 2 is 1.15 bits per heavy atom. The predicted octanol–water partition coefficient (Wildman–Crippen LogP) is 9.12. The predicted molar refractivity (Wildman–Crippen MR) is 122 cm³/mol. The quantitative estimate of drug-likeness (QED) is 0.224. The van der Waals surface area contributed by atoms with E-state index in [0.717, 1.165) is 16.5 Å². The molecule has 0 N–H and O–H groups in total. The maximum atomic E-state index is 9.18. The van der Waals surface area contributed by atoms with Gasteiger partial charge in [0, 0.05) is 4.47 Å². The summed E-state index contributed by atoms with van der Waals surface area (Å²) in [6.07, 6.45) is 23.4. The van der Waals surface area contributed by atoms with Gasteiger partial charge in [-0.05, 0) is 36.6 Å². The van der Waals surface area contributed by atoms with Crippen molar-refractivity contribution in [2.75, 3.05) is 0 Å². The second-order valence-electron chi connectivity index (χ2n) is 7.97. The van der Waals surface area contributed by atoms with E-state index in [0.29, 0.717) is 0 Å². The molecule has 0 unspecified atom stereocenters. The van der Waals surface area contributed by atoms with E-state index < -0.39 is 0 Å². The molecule has 0 heterocycles. The van der Waals surface area contributed by atoms with Gasteiger partial charge in [-0.1, -0.05) is 119 Å². The fourth-order valence-electron chi connectivity index (χ4n) is 3.74. The molecule has 0 radical (unpaired) electrons. The first kappa shape index (κ1) is 24.2. The first-order valence-electron chi connectivity index (χ1n) is 11.5. The molecule has 0 fully saturated rings. The lowest BCUT2D eigenvalue weighted by Gasteiger charge is -2.05. The van der Waals surface area contributed by atoms with Gasteiger partial charge in [0.2, 0.25) is 0 Å². The molecular weight excluding hydrogens is 394 g/mol. The van der Waals surface area contributed by atoms with Gasteiger partial charge in [-0.25, -0.2) is 0 Å². The molecule has 0 aliphatic carbocycles. The number of hydrogen-bond acceptors (Lipinski definition) is 1. The largest absolute Gasteiger partial charge is 0.192 e. The highest BCUT2D eigenvalue weighted by atomic mass is 79.9. The Hall–Kier alpha value is -0.810. The number of hydrogen-bond donors (Lipinski definition) is 0. The van der Waals surface area contributed by atoms with Gasteiger partial charge in [0.25, 0.3) is 0 Å². The zero-order valence-electron chi connectivity index (χ0n) is 17.6. The molecular formula is C25H40BrN. The molecule has 0 amide bonds. The van der Waals surface area contributed by atoms with Crippen molar-refractivity contribution in [3.05, 3.63) is 33.8 Å². The molecule has 0 aliphatic heterocycles. The third-order valence-corrected chi connectivity index (χ3v) is 5.98. The Morgan fingerprint density at radius 1 is 0.704 bits per heavy atom. The van der Waals surface area contributed by atoms with Crippen LogP contribution in [-0.4, -0.2) is 0 Å². The van der Waals surface area contributed by atoms with E-state index in [-0.39, 0.29) is 0 Å². The zero-order valence-corrected chi connectivity index (χ0v) is 19.2. The lowest BCUT2D eigenvalue weighted by atomic mass is 10.0. The van der Waals surface area contributed by atoms with E-state index in [9.17, 15) is 5.26 Å². The van der Waals surface area contributed by atoms with Crippen LogP contribution >= 0.6 is 15.9 Å². The van der Waals surface area contributed by atoms with Crippen LogP contribution in [0.25, 0.3) is 0 Å². The number of rotatable bonds is 17. The van der Waals surface area contributed by atoms with Gasteiger partial charge in [0.15, 0.2) is 0 Å². The average Bonchev–Trinajstić information content (AvgIpc) is 2.68. The van der Waals surface area contributed by atoms with Crippen molar-refractivity contribution in [1.29, 1.82) is 5.26 Å². The highest BCUT2D eigenvalue weighted by Gasteiger charge is 2.02. The highest BCUT2D eigenvalue weighted by Crippen LogP contribution is 2.19. The molecule has 0 aromatic heterocycles. The third-order valence-electron chi connectivity index (χ3n) is 5.49. The molecule has 1 rings (SSSR count). The molecule has 1 aromatic carbocycles. The standard InChI is InChI=1S/C25H40BrN/c1-2-3-4-5-6-7-8-9-10-11-12-13-14-15-16-17-18-23-21-25(26)20-19-24(23)22-27/h19-21H,2-18H2,1H3. The lowest BCUT2D eigenvalue weighted by Crippen LogP contribution is -1.91. The Balaban J connectivity index is 1.86. The van der Waals surface area contributed by atoms with E-state index in [1.165, 1.54) is 108 Å². The summed E-state index contributed by atoms with van der Waals surface area (Å²) in [7, 11) is 0. The van der Waals surface area contributed by atoms with Crippen molar-refractivity contribution in [2.45, 2.75) is 116 Å². The fourth-order valence-corrected chi connectivity index (χ4v) is 4.15. The van der Waals surface area contributed by atoms with E-state index >= 15 is 0 Å². The van der Waals surface area contributed by atoms with Crippen LogP contribution in [0.3, 0.4) is 0 Å². The highest BCUT2D eigenvalue weighted by molar-refractivity contribution is 9.10. The Bertz CT molecular complexity index is 518. The fraction of sp³-hybridized carbons (Fsp3) is 0.720. The molecule has 1 nitrogen and oxygen atoms in total. The molecule has 0 bridgehead atoms. The first-order valence-corrected chi connectivity index (χ1v) is 12.3. The lowest BCUT2D eigenvalue weighted by molar-refractivity contribution is 0.529. The topological polar surface area (TPSA) is 23.8 Å². The maximum Gasteiger partial charge on any atom is 0.0994 e. The van der Waals surface area contributed by atoms with Gasteiger partial charge in [0.1, 0.15) is 0 Å². The minimum absolute atomic E-state index is 0.833. The number of nitrogens with zero attached hydrogens (tertiary/aromatic N) is 1. The second kappa shape index (κ2) is 17.3. The maximum absolute atomic E-state index is 9.18. The summed E-state index contributed by atoms with van der Waals surface area (Å²) in [6, 6.07) is 8.28. The average molecular weight is 435 g/mol. The molecule has 27 heavy (non-hydrogen) atoms. The Labute approximate surface area is 177 Å². The molecule has 152 valence electrons. The molecule has 0 saturated carbocycles. The van der Waals surface area contributed by atoms with Crippen molar-refractivity contribution >= 4 is 15.9 Å². The van der Waals surface area contributed by atoms with Crippen LogP contribution in [0.15, 0.2) is 22.7 Å². The van der Waals surface area contributed by atoms with Gasteiger partial charge >= 0.3 is 0 Å². The van der Waals surface area contributed by atoms with Crippen LogP contribution < -0.4 is 0 Å². The van der Waals surface area contributed by atoms with Crippen LogP contribution in [-0.2, 0) is 6.42 Å². The SMILES string of the molecule is CCCCCCCCCCCCCCCCCCc1cc(Br)ccc1C#N. The van der Waals surface area contributed by atoms with E-state index in [2.05, 4.69) is 35.0 Å². The van der Waals surface area contributed by atoms with Crippen molar-refractivity contribution in [1.82, 2.24) is 0 Å². The summed E-state index contributed by atoms with van der Waals surface area (Å²) in [5.41, 5.74) is 2.02. The number of nitriles is 1. The van der Waals surface area contributed by atoms with E-state index in [4.69, 9.17) is 0 Å². The number of benzene rings is 1. The number of unbranched alkanes of at least 4 members (excludes halogenated alkanes) is 15. The van der Waals surface area contributed by atoms with Gasteiger partial charge in [-0.15, -0.1) is 0 Å². The summed E-state index contributed by atoms with van der Waals surface area (Å²) in [4.78, 5) is 0. The van der Waals surface area contributed by atoms with Gasteiger partial charge in [0.05, 0.1) is 11.6 Å². The van der Waals surface area contributed by atoms with Crippen molar-refractivity contribution < 1.29 is 0 Å². The van der Waals surface area contributed by atoms with Crippen LogP contribution in [0.1, 0.15) is 121 Å². The molecule has 1 aromatic rings. The molecule has 0 aliphatic rings. The number of halogens is 1. The van der Waals surface area contributed by atoms with Crippen LogP contribution in [0.5, 0.6) is 0 Å². The van der Waals surface area contributed by atoms with Gasteiger partial charge in [-0.2, -0.15) is 5.26 Å². The smallest absolute Gasteiger partial charge is 0.0994 e. The molecule has 0 saturated heterocycles. The first-order chi connectivity index (χ1) is 13.3. The molecule has 0 spiro atoms. The van der Waals surface area contributed by atoms with Gasteiger partial charge in [-0.3, -0.25) is 0 Å². The summed E-state index contributed by atoms with van der Waals surface area (Å²) >= 11 is 3.51. The molecule has 2 heteroatoms. The molecule has 0 atom stereocenters. The summed E-state index contributed by atoms with van der Waals surface area (Å²) < 4.78 is 1.08. The van der Waals surface area contributed by atoms with Crippen molar-refractivity contribution in [3.63, 3.8) is 0 Å². The summed E-state index contributed by atoms with van der Waals surface area (Å²) in [5, 5.41) is 9.18. The summed E-state index contributed by atoms with van der Waals surface area (Å²) in [6.45, 7) is 2.29. The third kappa shape index (κ3) is 13.1. The Kier molecular flexibility index (Phi) is 15.5. The van der Waals surface area contributed by atoms with Crippen molar-refractivity contribution in [2.24, 2.45) is 0 Å². The number of aryl methyl sites for hydroxylation is 1. The Morgan fingerprint density at radius 3 is 1.59 bits per heavy atom. The van der Waals surface area contributed by atoms with E-state index in [1.54, 1.807) is 0 Å². The van der Waals surface area contributed by atoms with E-state index in [1.807, 2.05) is 12.1 Å². The normalized spacial score (nSPS) is 10.9. The van der Waals surface area contributed by atoms with Crippen molar-refractivity contribution in [3.8, 4) is 6.07 Å². The summed E-state index contributed by atoms with van der Waals surface area (Å²) in [5.74, 6) is 0. The van der Waals surface area contributed by atoms with Crippen LogP contribution in [0, 0.1) is 11.3 Å². The minimum Gasteiger partial charge on any atom is -0.192 e. The second-order valence-corrected chi connectivity index (χ2v) is 8.88. The van der Waals surface area contributed by atoms with Crippen LogP contribution in [0.2, 0.25) is 0 Å².